The molecule has 1 N–H and O–H groups in total. The van der Waals surface area contributed by atoms with Gasteiger partial charge in [0, 0.05) is 24.5 Å². The van der Waals surface area contributed by atoms with Crippen LogP contribution in [0, 0.1) is 4.77 Å². The summed E-state index contributed by atoms with van der Waals surface area (Å²) in [6, 6.07) is 8.67. The highest BCUT2D eigenvalue weighted by Crippen LogP contribution is 2.23. The molecule has 1 aromatic carbocycles. The predicted octanol–water partition coefficient (Wildman–Crippen LogP) is 3.58. The van der Waals surface area contributed by atoms with Crippen molar-refractivity contribution in [2.45, 2.75) is 6.54 Å². The third-order valence-corrected chi connectivity index (χ3v) is 5.31. The van der Waals surface area contributed by atoms with Crippen molar-refractivity contribution >= 4 is 52.0 Å². The second kappa shape index (κ2) is 6.51. The summed E-state index contributed by atoms with van der Waals surface area (Å²) >= 11 is 12.5. The number of fused-ring (bicyclic) bond motifs is 1. The van der Waals surface area contributed by atoms with Crippen molar-refractivity contribution < 1.29 is 4.79 Å². The molecule has 0 aliphatic heterocycles. The van der Waals surface area contributed by atoms with Crippen LogP contribution < -0.4 is 5.56 Å². The van der Waals surface area contributed by atoms with Crippen LogP contribution in [0.3, 0.4) is 0 Å². The minimum atomic E-state index is -0.186. The topological polar surface area (TPSA) is 58.1 Å². The van der Waals surface area contributed by atoms with E-state index in [1.165, 1.54) is 15.9 Å². The highest BCUT2D eigenvalue weighted by atomic mass is 35.5. The molecule has 2 heterocycles. The Morgan fingerprint density at radius 3 is 2.79 bits per heavy atom. The summed E-state index contributed by atoms with van der Waals surface area (Å²) in [7, 11) is 3.34. The lowest BCUT2D eigenvalue weighted by Gasteiger charge is -2.16. The number of amides is 1. The predicted molar refractivity (Wildman–Crippen MR) is 99.5 cm³/mol. The molecular weight excluding hydrogens is 366 g/mol. The number of carbonyl (C=O) groups is 1. The maximum Gasteiger partial charge on any atom is 0.261 e. The molecular formula is C16H14ClN3O2S2. The number of rotatable bonds is 3. The first-order valence-corrected chi connectivity index (χ1v) is 8.70. The average molecular weight is 380 g/mol. The van der Waals surface area contributed by atoms with Crippen LogP contribution in [0.4, 0.5) is 0 Å². The number of nitrogens with zero attached hydrogens (tertiary/aromatic N) is 2. The zero-order valence-electron chi connectivity index (χ0n) is 13.0. The van der Waals surface area contributed by atoms with Gasteiger partial charge in [-0.2, -0.15) is 0 Å². The van der Waals surface area contributed by atoms with E-state index in [2.05, 4.69) is 4.98 Å². The molecule has 0 saturated heterocycles. The van der Waals surface area contributed by atoms with Gasteiger partial charge in [0.1, 0.15) is 0 Å². The third kappa shape index (κ3) is 3.15. The number of benzene rings is 1. The Kier molecular flexibility index (Phi) is 4.58. The molecule has 0 unspecified atom stereocenters. The molecule has 0 atom stereocenters. The number of thiophene rings is 1. The third-order valence-electron chi connectivity index (χ3n) is 3.72. The standard InChI is InChI=1S/C16H14ClN3O2S2/c1-19(8-10-4-6-13(17)24-10)14(21)9-3-5-11-12(7-9)18-16(23)20(2)15(11)22/h3-7H,8H2,1-2H3,(H,18,23). The molecule has 3 aromatic rings. The van der Waals surface area contributed by atoms with Crippen molar-refractivity contribution in [2.75, 3.05) is 7.05 Å². The fraction of sp³-hybridized carbons (Fsp3) is 0.188. The summed E-state index contributed by atoms with van der Waals surface area (Å²) in [4.78, 5) is 30.4. The molecule has 0 aliphatic rings. The van der Waals surface area contributed by atoms with Crippen molar-refractivity contribution in [1.82, 2.24) is 14.5 Å². The number of nitrogens with one attached hydrogen (secondary N) is 1. The molecule has 5 nitrogen and oxygen atoms in total. The van der Waals surface area contributed by atoms with E-state index >= 15 is 0 Å². The molecule has 1 amide bonds. The van der Waals surface area contributed by atoms with Gasteiger partial charge in [0.2, 0.25) is 0 Å². The number of carbonyl (C=O) groups excluding carboxylic acids is 1. The van der Waals surface area contributed by atoms with E-state index in [0.717, 1.165) is 4.88 Å². The lowest BCUT2D eigenvalue weighted by Crippen LogP contribution is -2.26. The molecule has 0 radical (unpaired) electrons. The molecule has 0 fully saturated rings. The molecule has 2 aromatic heterocycles. The molecule has 0 aliphatic carbocycles. The van der Waals surface area contributed by atoms with Gasteiger partial charge in [-0.25, -0.2) is 0 Å². The Hall–Kier alpha value is -1.96. The largest absolute Gasteiger partial charge is 0.337 e. The quantitative estimate of drug-likeness (QED) is 0.707. The number of halogens is 1. The molecule has 24 heavy (non-hydrogen) atoms. The molecule has 0 spiro atoms. The van der Waals surface area contributed by atoms with Gasteiger partial charge >= 0.3 is 0 Å². The lowest BCUT2D eigenvalue weighted by atomic mass is 10.1. The summed E-state index contributed by atoms with van der Waals surface area (Å²) in [5, 5.41) is 0.496. The number of hydrogen-bond donors (Lipinski definition) is 1. The van der Waals surface area contributed by atoms with Crippen LogP contribution in [0.5, 0.6) is 0 Å². The van der Waals surface area contributed by atoms with Crippen molar-refractivity contribution in [2.24, 2.45) is 7.05 Å². The van der Waals surface area contributed by atoms with Crippen molar-refractivity contribution in [3.8, 4) is 0 Å². The summed E-state index contributed by atoms with van der Waals surface area (Å²) in [5.41, 5.74) is 0.863. The van der Waals surface area contributed by atoms with Crippen LogP contribution in [-0.4, -0.2) is 27.4 Å². The average Bonchev–Trinajstić information content (AvgIpc) is 2.96. The minimum absolute atomic E-state index is 0.138. The maximum absolute atomic E-state index is 12.6. The Morgan fingerprint density at radius 2 is 2.12 bits per heavy atom. The fourth-order valence-corrected chi connectivity index (χ4v) is 3.74. The van der Waals surface area contributed by atoms with E-state index in [9.17, 15) is 9.59 Å². The first-order chi connectivity index (χ1) is 11.4. The van der Waals surface area contributed by atoms with E-state index in [1.54, 1.807) is 37.2 Å². The fourth-order valence-electron chi connectivity index (χ4n) is 2.40. The summed E-state index contributed by atoms with van der Waals surface area (Å²) < 4.78 is 2.38. The molecule has 8 heteroatoms. The smallest absolute Gasteiger partial charge is 0.261 e. The van der Waals surface area contributed by atoms with Gasteiger partial charge in [0.15, 0.2) is 4.77 Å². The van der Waals surface area contributed by atoms with E-state index in [0.29, 0.717) is 32.1 Å². The number of hydrogen-bond acceptors (Lipinski definition) is 4. The van der Waals surface area contributed by atoms with E-state index in [4.69, 9.17) is 23.8 Å². The zero-order valence-corrected chi connectivity index (χ0v) is 15.4. The normalized spacial score (nSPS) is 11.0. The Morgan fingerprint density at radius 1 is 1.38 bits per heavy atom. The van der Waals surface area contributed by atoms with Crippen LogP contribution >= 0.6 is 35.2 Å². The zero-order chi connectivity index (χ0) is 17.4. The highest BCUT2D eigenvalue weighted by Gasteiger charge is 2.14. The van der Waals surface area contributed by atoms with Crippen LogP contribution in [0.25, 0.3) is 10.9 Å². The van der Waals surface area contributed by atoms with Gasteiger partial charge in [-0.15, -0.1) is 11.3 Å². The van der Waals surface area contributed by atoms with Gasteiger partial charge in [0.25, 0.3) is 11.5 Å². The SMILES string of the molecule is CN(Cc1ccc(Cl)s1)C(=O)c1ccc2c(=O)n(C)c(=S)[nH]c2c1. The van der Waals surface area contributed by atoms with Gasteiger partial charge in [0.05, 0.1) is 21.8 Å². The summed E-state index contributed by atoms with van der Waals surface area (Å²) in [5.74, 6) is -0.138. The number of aromatic nitrogens is 2. The van der Waals surface area contributed by atoms with Gasteiger partial charge in [-0.1, -0.05) is 11.6 Å². The van der Waals surface area contributed by atoms with Gasteiger partial charge < -0.3 is 9.88 Å². The Bertz CT molecular complexity index is 1050. The van der Waals surface area contributed by atoms with Crippen LogP contribution in [-0.2, 0) is 13.6 Å². The molecule has 124 valence electrons. The molecule has 3 rings (SSSR count). The second-order valence-corrected chi connectivity index (χ2v) is 7.61. The maximum atomic E-state index is 12.6. The van der Waals surface area contributed by atoms with Crippen LogP contribution in [0.2, 0.25) is 4.34 Å². The summed E-state index contributed by atoms with van der Waals surface area (Å²) in [6.07, 6.45) is 0. The lowest BCUT2D eigenvalue weighted by molar-refractivity contribution is 0.0786. The monoisotopic (exact) mass is 379 g/mol. The van der Waals surface area contributed by atoms with Crippen molar-refractivity contribution in [1.29, 1.82) is 0 Å². The first kappa shape index (κ1) is 16.9. The number of aromatic amines is 1. The van der Waals surface area contributed by atoms with Crippen LogP contribution in [0.1, 0.15) is 15.2 Å². The minimum Gasteiger partial charge on any atom is -0.337 e. The van der Waals surface area contributed by atoms with Crippen LogP contribution in [0.15, 0.2) is 35.1 Å². The van der Waals surface area contributed by atoms with E-state index in [-0.39, 0.29) is 11.5 Å². The first-order valence-electron chi connectivity index (χ1n) is 7.09. The van der Waals surface area contributed by atoms with Crippen molar-refractivity contribution in [3.05, 3.63) is 60.2 Å². The second-order valence-electron chi connectivity index (χ2n) is 5.42. The van der Waals surface area contributed by atoms with Gasteiger partial charge in [-0.05, 0) is 42.5 Å². The van der Waals surface area contributed by atoms with E-state index in [1.807, 2.05) is 12.1 Å². The van der Waals surface area contributed by atoms with Crippen molar-refractivity contribution in [3.63, 3.8) is 0 Å². The Balaban J connectivity index is 1.94. The summed E-state index contributed by atoms with van der Waals surface area (Å²) in [6.45, 7) is 0.473. The molecule has 0 bridgehead atoms. The number of H-pyrrole nitrogens is 1. The van der Waals surface area contributed by atoms with Gasteiger partial charge in [-0.3, -0.25) is 14.2 Å². The van der Waals surface area contributed by atoms with E-state index < -0.39 is 0 Å². The molecule has 0 saturated carbocycles. The Labute approximate surface area is 152 Å². The highest BCUT2D eigenvalue weighted by molar-refractivity contribution is 7.71.